The molecular formula is C11H10N2O2. The fourth-order valence-electron chi connectivity index (χ4n) is 1.53. The summed E-state index contributed by atoms with van der Waals surface area (Å²) in [5.41, 5.74) is 2.18. The normalized spacial score (nSPS) is 10.2. The highest BCUT2D eigenvalue weighted by Gasteiger charge is 2.03. The summed E-state index contributed by atoms with van der Waals surface area (Å²) >= 11 is 0. The molecular weight excluding hydrogens is 192 g/mol. The number of rotatable bonds is 2. The van der Waals surface area contributed by atoms with E-state index in [2.05, 4.69) is 10.3 Å². The molecule has 2 aromatic rings. The van der Waals surface area contributed by atoms with E-state index in [1.54, 1.807) is 24.4 Å². The molecule has 2 rings (SSSR count). The van der Waals surface area contributed by atoms with Crippen LogP contribution in [0.4, 0.5) is 5.69 Å². The van der Waals surface area contributed by atoms with Gasteiger partial charge in [-0.25, -0.2) is 0 Å². The van der Waals surface area contributed by atoms with Gasteiger partial charge in [0.15, 0.2) is 6.29 Å². The van der Waals surface area contributed by atoms with E-state index in [0.29, 0.717) is 11.3 Å². The molecule has 0 saturated carbocycles. The van der Waals surface area contributed by atoms with E-state index < -0.39 is 0 Å². The van der Waals surface area contributed by atoms with Crippen LogP contribution in [0.3, 0.4) is 0 Å². The third-order valence-electron chi connectivity index (χ3n) is 2.16. The van der Waals surface area contributed by atoms with Crippen LogP contribution in [0.5, 0.6) is 0 Å². The summed E-state index contributed by atoms with van der Waals surface area (Å²) in [6.45, 7) is 1.45. The number of anilines is 1. The summed E-state index contributed by atoms with van der Waals surface area (Å²) in [6, 6.07) is 5.37. The Balaban J connectivity index is 2.48. The maximum atomic E-state index is 10.8. The zero-order chi connectivity index (χ0) is 10.8. The van der Waals surface area contributed by atoms with Gasteiger partial charge in [0.05, 0.1) is 0 Å². The summed E-state index contributed by atoms with van der Waals surface area (Å²) in [6.07, 6.45) is 2.45. The van der Waals surface area contributed by atoms with Crippen molar-refractivity contribution in [3.63, 3.8) is 0 Å². The fraction of sp³-hybridized carbons (Fsp3) is 0.0909. The Kier molecular flexibility index (Phi) is 2.25. The molecule has 0 aliphatic rings. The van der Waals surface area contributed by atoms with E-state index >= 15 is 0 Å². The van der Waals surface area contributed by atoms with Gasteiger partial charge in [-0.05, 0) is 12.1 Å². The molecule has 2 N–H and O–H groups in total. The highest BCUT2D eigenvalue weighted by atomic mass is 16.1. The number of benzene rings is 1. The highest BCUT2D eigenvalue weighted by molar-refractivity contribution is 5.99. The molecule has 1 amide bonds. The molecule has 76 valence electrons. The molecule has 0 fully saturated rings. The van der Waals surface area contributed by atoms with Crippen molar-refractivity contribution in [3.8, 4) is 0 Å². The van der Waals surface area contributed by atoms with Gasteiger partial charge in [0, 0.05) is 35.3 Å². The summed E-state index contributed by atoms with van der Waals surface area (Å²) in [4.78, 5) is 24.5. The minimum Gasteiger partial charge on any atom is -0.360 e. The third kappa shape index (κ3) is 1.74. The molecule has 0 spiro atoms. The van der Waals surface area contributed by atoms with Crippen LogP contribution in [0.15, 0.2) is 24.4 Å². The number of aldehydes is 1. The molecule has 0 unspecified atom stereocenters. The van der Waals surface area contributed by atoms with Crippen LogP contribution in [-0.2, 0) is 4.79 Å². The first-order valence-corrected chi connectivity index (χ1v) is 4.54. The third-order valence-corrected chi connectivity index (χ3v) is 2.16. The SMILES string of the molecule is CC(=O)Nc1ccc2c(C=O)c[nH]c2c1. The standard InChI is InChI=1S/C11H10N2O2/c1-7(15)13-9-2-3-10-8(6-14)5-12-11(10)4-9/h2-6,12H,1H3,(H,13,15). The quantitative estimate of drug-likeness (QED) is 0.731. The molecule has 0 saturated heterocycles. The molecule has 0 aliphatic heterocycles. The van der Waals surface area contributed by atoms with E-state index in [4.69, 9.17) is 0 Å². The largest absolute Gasteiger partial charge is 0.360 e. The van der Waals surface area contributed by atoms with Gasteiger partial charge in [-0.3, -0.25) is 9.59 Å². The number of carbonyl (C=O) groups is 2. The summed E-state index contributed by atoms with van der Waals surface area (Å²) < 4.78 is 0. The van der Waals surface area contributed by atoms with Crippen LogP contribution in [0.1, 0.15) is 17.3 Å². The van der Waals surface area contributed by atoms with Crippen LogP contribution in [-0.4, -0.2) is 17.2 Å². The topological polar surface area (TPSA) is 62.0 Å². The van der Waals surface area contributed by atoms with Gasteiger partial charge in [0.1, 0.15) is 0 Å². The zero-order valence-electron chi connectivity index (χ0n) is 8.20. The van der Waals surface area contributed by atoms with Gasteiger partial charge in [-0.15, -0.1) is 0 Å². The smallest absolute Gasteiger partial charge is 0.221 e. The molecule has 0 radical (unpaired) electrons. The number of carbonyl (C=O) groups excluding carboxylic acids is 2. The molecule has 0 atom stereocenters. The molecule has 0 aliphatic carbocycles. The Bertz CT molecular complexity index is 528. The van der Waals surface area contributed by atoms with Crippen LogP contribution in [0, 0.1) is 0 Å². The lowest BCUT2D eigenvalue weighted by Gasteiger charge is -2.01. The lowest BCUT2D eigenvalue weighted by Crippen LogP contribution is -2.05. The summed E-state index contributed by atoms with van der Waals surface area (Å²) in [7, 11) is 0. The Morgan fingerprint density at radius 1 is 1.47 bits per heavy atom. The Morgan fingerprint density at radius 2 is 2.27 bits per heavy atom. The molecule has 1 aromatic heterocycles. The van der Waals surface area contributed by atoms with Crippen molar-refractivity contribution in [2.75, 3.05) is 5.32 Å². The molecule has 4 heteroatoms. The zero-order valence-corrected chi connectivity index (χ0v) is 8.20. The maximum absolute atomic E-state index is 10.8. The van der Waals surface area contributed by atoms with Crippen molar-refractivity contribution in [2.24, 2.45) is 0 Å². The predicted octanol–water partition coefficient (Wildman–Crippen LogP) is 1.94. The fourth-order valence-corrected chi connectivity index (χ4v) is 1.53. The van der Waals surface area contributed by atoms with E-state index in [9.17, 15) is 9.59 Å². The van der Waals surface area contributed by atoms with Crippen molar-refractivity contribution in [2.45, 2.75) is 6.92 Å². The van der Waals surface area contributed by atoms with Gasteiger partial charge in [0.25, 0.3) is 0 Å². The second-order valence-corrected chi connectivity index (χ2v) is 3.30. The Morgan fingerprint density at radius 3 is 2.93 bits per heavy atom. The average Bonchev–Trinajstić information content (AvgIpc) is 2.58. The monoisotopic (exact) mass is 202 g/mol. The second kappa shape index (κ2) is 3.57. The molecule has 1 aromatic carbocycles. The van der Waals surface area contributed by atoms with Gasteiger partial charge < -0.3 is 10.3 Å². The second-order valence-electron chi connectivity index (χ2n) is 3.30. The first-order chi connectivity index (χ1) is 7.20. The molecule has 4 nitrogen and oxygen atoms in total. The first kappa shape index (κ1) is 9.45. The van der Waals surface area contributed by atoms with E-state index in [1.165, 1.54) is 6.92 Å². The number of nitrogens with one attached hydrogen (secondary N) is 2. The predicted molar refractivity (Wildman–Crippen MR) is 58.0 cm³/mol. The minimum atomic E-state index is -0.114. The van der Waals surface area contributed by atoms with Crippen molar-refractivity contribution >= 4 is 28.8 Å². The Hall–Kier alpha value is -2.10. The van der Waals surface area contributed by atoms with Gasteiger partial charge >= 0.3 is 0 Å². The van der Waals surface area contributed by atoms with Crippen LogP contribution < -0.4 is 5.32 Å². The summed E-state index contributed by atoms with van der Waals surface area (Å²) in [5.74, 6) is -0.114. The van der Waals surface area contributed by atoms with E-state index in [-0.39, 0.29) is 5.91 Å². The van der Waals surface area contributed by atoms with Crippen molar-refractivity contribution in [3.05, 3.63) is 30.0 Å². The van der Waals surface area contributed by atoms with E-state index in [0.717, 1.165) is 17.2 Å². The molecule has 0 bridgehead atoms. The molecule has 15 heavy (non-hydrogen) atoms. The maximum Gasteiger partial charge on any atom is 0.221 e. The van der Waals surface area contributed by atoms with Gasteiger partial charge in [-0.2, -0.15) is 0 Å². The molecule has 1 heterocycles. The van der Waals surface area contributed by atoms with Gasteiger partial charge in [0.2, 0.25) is 5.91 Å². The first-order valence-electron chi connectivity index (χ1n) is 4.54. The van der Waals surface area contributed by atoms with Crippen LogP contribution >= 0.6 is 0 Å². The lowest BCUT2D eigenvalue weighted by atomic mass is 10.2. The van der Waals surface area contributed by atoms with Gasteiger partial charge in [-0.1, -0.05) is 6.07 Å². The summed E-state index contributed by atoms with van der Waals surface area (Å²) in [5, 5.41) is 3.54. The number of aromatic nitrogens is 1. The van der Waals surface area contributed by atoms with E-state index in [1.807, 2.05) is 0 Å². The number of fused-ring (bicyclic) bond motifs is 1. The number of hydrogen-bond donors (Lipinski definition) is 2. The number of H-pyrrole nitrogens is 1. The van der Waals surface area contributed by atoms with Crippen molar-refractivity contribution in [1.29, 1.82) is 0 Å². The number of hydrogen-bond acceptors (Lipinski definition) is 2. The average molecular weight is 202 g/mol. The van der Waals surface area contributed by atoms with Crippen LogP contribution in [0.2, 0.25) is 0 Å². The van der Waals surface area contributed by atoms with Crippen LogP contribution in [0.25, 0.3) is 10.9 Å². The number of amides is 1. The lowest BCUT2D eigenvalue weighted by molar-refractivity contribution is -0.114. The number of aromatic amines is 1. The minimum absolute atomic E-state index is 0.114. The highest BCUT2D eigenvalue weighted by Crippen LogP contribution is 2.20. The van der Waals surface area contributed by atoms with Crippen molar-refractivity contribution in [1.82, 2.24) is 4.98 Å². The van der Waals surface area contributed by atoms with Crippen molar-refractivity contribution < 1.29 is 9.59 Å². The Labute approximate surface area is 86.3 Å².